The van der Waals surface area contributed by atoms with Crippen LogP contribution in [0.15, 0.2) is 40.3 Å². The van der Waals surface area contributed by atoms with Crippen molar-refractivity contribution in [2.45, 2.75) is 18.9 Å². The second-order valence-electron chi connectivity index (χ2n) is 4.26. The number of alkyl halides is 3. The van der Waals surface area contributed by atoms with Gasteiger partial charge >= 0.3 is 6.18 Å². The molecule has 0 spiro atoms. The number of hydrogen-bond acceptors (Lipinski definition) is 5. The molecule has 0 fully saturated rings. The highest BCUT2D eigenvalue weighted by Crippen LogP contribution is 2.23. The molecule has 5 nitrogen and oxygen atoms in total. The van der Waals surface area contributed by atoms with Crippen molar-refractivity contribution >= 4 is 11.8 Å². The first-order chi connectivity index (χ1) is 9.38. The van der Waals surface area contributed by atoms with E-state index in [0.717, 1.165) is 10.5 Å². The average molecular weight is 285 g/mol. The van der Waals surface area contributed by atoms with Gasteiger partial charge in [-0.3, -0.25) is 5.73 Å². The molecule has 0 amide bonds. The van der Waals surface area contributed by atoms with Gasteiger partial charge in [0.25, 0.3) is 0 Å². The molecule has 1 atom stereocenters. The summed E-state index contributed by atoms with van der Waals surface area (Å²) in [5.74, 6) is -1.56. The van der Waals surface area contributed by atoms with Crippen LogP contribution in [0.2, 0.25) is 0 Å². The molecule has 1 aliphatic rings. The fourth-order valence-electron chi connectivity index (χ4n) is 1.89. The molecule has 20 heavy (non-hydrogen) atoms. The molecule has 2 rings (SSSR count). The highest BCUT2D eigenvalue weighted by atomic mass is 19.4. The predicted molar refractivity (Wildman–Crippen MR) is 69.9 cm³/mol. The second-order valence-corrected chi connectivity index (χ2v) is 4.26. The molecule has 0 radical (unpaired) electrons. The topological polar surface area (TPSA) is 80.0 Å². The Morgan fingerprint density at radius 3 is 2.45 bits per heavy atom. The number of aliphatic imine (C=N–C) groups is 2. The lowest BCUT2D eigenvalue weighted by atomic mass is 10.1. The summed E-state index contributed by atoms with van der Waals surface area (Å²) < 4.78 is 38.8. The number of halogens is 3. The first-order valence-electron chi connectivity index (χ1n) is 5.93. The van der Waals surface area contributed by atoms with Gasteiger partial charge in [-0.25, -0.2) is 4.99 Å². The molecular formula is C12H14F3N5. The Labute approximate surface area is 113 Å². The number of rotatable bonds is 3. The van der Waals surface area contributed by atoms with Crippen molar-refractivity contribution in [3.63, 3.8) is 0 Å². The summed E-state index contributed by atoms with van der Waals surface area (Å²) in [5, 5.41) is 0. The van der Waals surface area contributed by atoms with Gasteiger partial charge in [0.05, 0.1) is 0 Å². The van der Waals surface area contributed by atoms with Gasteiger partial charge in [0, 0.05) is 6.54 Å². The number of benzene rings is 1. The van der Waals surface area contributed by atoms with Gasteiger partial charge in [0.1, 0.15) is 0 Å². The first-order valence-corrected chi connectivity index (χ1v) is 5.93. The summed E-state index contributed by atoms with van der Waals surface area (Å²) in [6.45, 7) is 0.0559. The van der Waals surface area contributed by atoms with Gasteiger partial charge < -0.3 is 10.6 Å². The minimum atomic E-state index is -4.62. The quantitative estimate of drug-likeness (QED) is 0.871. The third-order valence-corrected chi connectivity index (χ3v) is 2.81. The van der Waals surface area contributed by atoms with E-state index in [0.29, 0.717) is 6.42 Å². The molecular weight excluding hydrogens is 271 g/mol. The minimum absolute atomic E-state index is 0.0559. The van der Waals surface area contributed by atoms with Crippen LogP contribution in [0.1, 0.15) is 5.56 Å². The zero-order chi connectivity index (χ0) is 14.8. The maximum atomic E-state index is 12.9. The van der Waals surface area contributed by atoms with Gasteiger partial charge in [-0.15, -0.1) is 0 Å². The summed E-state index contributed by atoms with van der Waals surface area (Å²) in [4.78, 5) is 7.82. The lowest BCUT2D eigenvalue weighted by Gasteiger charge is -2.32. The Kier molecular flexibility index (Phi) is 3.93. The summed E-state index contributed by atoms with van der Waals surface area (Å²) in [6.07, 6.45) is -5.39. The Morgan fingerprint density at radius 1 is 1.20 bits per heavy atom. The summed E-state index contributed by atoms with van der Waals surface area (Å²) in [7, 11) is 0. The largest absolute Gasteiger partial charge is 0.449 e. The predicted octanol–water partition coefficient (Wildman–Crippen LogP) is 1.06. The van der Waals surface area contributed by atoms with Crippen LogP contribution >= 0.6 is 0 Å². The maximum absolute atomic E-state index is 12.9. The summed E-state index contributed by atoms with van der Waals surface area (Å²) in [6, 6.07) is 9.14. The Hall–Kier alpha value is -2.09. The van der Waals surface area contributed by atoms with Crippen LogP contribution in [0.4, 0.5) is 13.2 Å². The van der Waals surface area contributed by atoms with Crippen LogP contribution in [-0.4, -0.2) is 35.7 Å². The molecule has 4 N–H and O–H groups in total. The molecule has 0 aromatic heterocycles. The molecule has 0 aliphatic carbocycles. The van der Waals surface area contributed by atoms with Crippen LogP contribution in [0, 0.1) is 0 Å². The number of nitrogens with two attached hydrogens (primary N) is 2. The first kappa shape index (κ1) is 14.3. The minimum Gasteiger partial charge on any atom is -0.368 e. The molecule has 1 aliphatic heterocycles. The molecule has 8 heteroatoms. The molecule has 0 saturated carbocycles. The van der Waals surface area contributed by atoms with E-state index >= 15 is 0 Å². The number of hydrogen-bond donors (Lipinski definition) is 2. The van der Waals surface area contributed by atoms with Crippen LogP contribution < -0.4 is 11.5 Å². The smallest absolute Gasteiger partial charge is 0.368 e. The van der Waals surface area contributed by atoms with E-state index in [-0.39, 0.29) is 6.54 Å². The molecule has 1 heterocycles. The molecule has 0 saturated heterocycles. The zero-order valence-electron chi connectivity index (χ0n) is 10.5. The second kappa shape index (κ2) is 5.49. The van der Waals surface area contributed by atoms with E-state index in [1.165, 1.54) is 0 Å². The Bertz CT molecular complexity index is 524. The third-order valence-electron chi connectivity index (χ3n) is 2.81. The Balaban J connectivity index is 2.15. The highest BCUT2D eigenvalue weighted by Gasteiger charge is 2.43. The van der Waals surface area contributed by atoms with Gasteiger partial charge in [0.2, 0.25) is 11.8 Å². The lowest BCUT2D eigenvalue weighted by molar-refractivity contribution is -0.0709. The van der Waals surface area contributed by atoms with E-state index in [9.17, 15) is 13.2 Å². The van der Waals surface area contributed by atoms with Crippen LogP contribution in [-0.2, 0) is 6.42 Å². The number of guanidine groups is 1. The van der Waals surface area contributed by atoms with Gasteiger partial charge in [-0.1, -0.05) is 30.3 Å². The van der Waals surface area contributed by atoms with Crippen molar-refractivity contribution in [1.82, 2.24) is 4.90 Å². The van der Waals surface area contributed by atoms with Crippen molar-refractivity contribution < 1.29 is 13.2 Å². The van der Waals surface area contributed by atoms with Crippen LogP contribution in [0.3, 0.4) is 0 Å². The molecule has 0 bridgehead atoms. The molecule has 108 valence electrons. The fourth-order valence-corrected chi connectivity index (χ4v) is 1.89. The number of nitrogens with zero attached hydrogens (tertiary/aromatic N) is 3. The van der Waals surface area contributed by atoms with Gasteiger partial charge in [-0.05, 0) is 12.0 Å². The molecule has 1 aromatic carbocycles. The van der Waals surface area contributed by atoms with Crippen molar-refractivity contribution in [3.05, 3.63) is 35.9 Å². The summed E-state index contributed by atoms with van der Waals surface area (Å²) in [5.41, 5.74) is 11.7. The van der Waals surface area contributed by atoms with Crippen LogP contribution in [0.5, 0.6) is 0 Å². The van der Waals surface area contributed by atoms with Crippen molar-refractivity contribution in [2.24, 2.45) is 21.5 Å². The van der Waals surface area contributed by atoms with Crippen LogP contribution in [0.25, 0.3) is 0 Å². The molecule has 1 unspecified atom stereocenters. The SMILES string of the molecule is NC1=NC(N)N(CCc2ccccc2)C(C(F)(F)F)=N1. The van der Waals surface area contributed by atoms with Crippen molar-refractivity contribution in [3.8, 4) is 0 Å². The van der Waals surface area contributed by atoms with Gasteiger partial charge in [0.15, 0.2) is 6.29 Å². The third kappa shape index (κ3) is 3.27. The highest BCUT2D eigenvalue weighted by molar-refractivity contribution is 5.99. The molecule has 1 aromatic rings. The standard InChI is InChI=1S/C12H14F3N5/c13-12(14,15)9-18-10(16)19-11(17)20(9)7-6-8-4-2-1-3-5-8/h1-5,11H,6-7,17H2,(H2,16,19). The van der Waals surface area contributed by atoms with Crippen molar-refractivity contribution in [1.29, 1.82) is 0 Å². The number of amidine groups is 1. The normalized spacial score (nSPS) is 19.6. The van der Waals surface area contributed by atoms with E-state index in [1.807, 2.05) is 30.3 Å². The maximum Gasteiger partial charge on any atom is 0.449 e. The van der Waals surface area contributed by atoms with E-state index in [2.05, 4.69) is 9.98 Å². The van der Waals surface area contributed by atoms with Gasteiger partial charge in [-0.2, -0.15) is 18.2 Å². The lowest BCUT2D eigenvalue weighted by Crippen LogP contribution is -2.54. The summed E-state index contributed by atoms with van der Waals surface area (Å²) >= 11 is 0. The van der Waals surface area contributed by atoms with E-state index in [1.54, 1.807) is 0 Å². The van der Waals surface area contributed by atoms with E-state index < -0.39 is 24.3 Å². The van der Waals surface area contributed by atoms with Crippen molar-refractivity contribution in [2.75, 3.05) is 6.54 Å². The zero-order valence-corrected chi connectivity index (χ0v) is 10.5. The Morgan fingerprint density at radius 2 is 1.85 bits per heavy atom. The average Bonchev–Trinajstić information content (AvgIpc) is 2.37. The fraction of sp³-hybridized carbons (Fsp3) is 0.333. The van der Waals surface area contributed by atoms with E-state index in [4.69, 9.17) is 11.5 Å². The monoisotopic (exact) mass is 285 g/mol.